The molecule has 0 saturated carbocycles. The fourth-order valence-corrected chi connectivity index (χ4v) is 2.44. The minimum absolute atomic E-state index is 0.0832. The Kier molecular flexibility index (Phi) is 5.82. The molecule has 0 heterocycles. The third-order valence-electron chi connectivity index (χ3n) is 2.80. The summed E-state index contributed by atoms with van der Waals surface area (Å²) in [4.78, 5) is 21.5. The number of anilines is 1. The van der Waals surface area contributed by atoms with E-state index in [2.05, 4.69) is 12.2 Å². The lowest BCUT2D eigenvalue weighted by molar-refractivity contribution is -0.385. The van der Waals surface area contributed by atoms with E-state index in [1.807, 2.05) is 6.92 Å². The van der Waals surface area contributed by atoms with Gasteiger partial charge in [0.05, 0.1) is 10.5 Å². The molecule has 1 rings (SSSR count). The van der Waals surface area contributed by atoms with Crippen LogP contribution in [0.25, 0.3) is 0 Å². The SMILES string of the molecule is CCSCC(C)Nc1cc(C(=O)O)cc([N+](=O)[O-])c1C. The van der Waals surface area contributed by atoms with Crippen LogP contribution in [0.2, 0.25) is 0 Å². The summed E-state index contributed by atoms with van der Waals surface area (Å²) in [7, 11) is 0. The van der Waals surface area contributed by atoms with Crippen molar-refractivity contribution in [2.75, 3.05) is 16.8 Å². The highest BCUT2D eigenvalue weighted by atomic mass is 32.2. The molecule has 0 aliphatic rings. The van der Waals surface area contributed by atoms with Crippen molar-refractivity contribution >= 4 is 29.1 Å². The Morgan fingerprint density at radius 2 is 2.20 bits per heavy atom. The summed E-state index contributed by atoms with van der Waals surface area (Å²) in [6.07, 6.45) is 0. The monoisotopic (exact) mass is 298 g/mol. The number of carbonyl (C=O) groups is 1. The van der Waals surface area contributed by atoms with Gasteiger partial charge in [-0.1, -0.05) is 6.92 Å². The van der Waals surface area contributed by atoms with Gasteiger partial charge in [-0.3, -0.25) is 10.1 Å². The number of benzene rings is 1. The first-order chi connectivity index (χ1) is 9.36. The van der Waals surface area contributed by atoms with Crippen LogP contribution in [0.3, 0.4) is 0 Å². The van der Waals surface area contributed by atoms with E-state index in [4.69, 9.17) is 5.11 Å². The zero-order chi connectivity index (χ0) is 15.3. The molecule has 1 aromatic carbocycles. The maximum atomic E-state index is 11.0. The third kappa shape index (κ3) is 4.12. The van der Waals surface area contributed by atoms with Gasteiger partial charge >= 0.3 is 5.97 Å². The van der Waals surface area contributed by atoms with Crippen molar-refractivity contribution in [1.82, 2.24) is 0 Å². The minimum atomic E-state index is -1.17. The lowest BCUT2D eigenvalue weighted by Crippen LogP contribution is -2.19. The number of nitrogens with zero attached hydrogens (tertiary/aromatic N) is 1. The number of thioether (sulfide) groups is 1. The van der Waals surface area contributed by atoms with Crippen LogP contribution in [-0.2, 0) is 0 Å². The average molecular weight is 298 g/mol. The lowest BCUT2D eigenvalue weighted by Gasteiger charge is -2.17. The molecule has 0 aromatic heterocycles. The average Bonchev–Trinajstić information content (AvgIpc) is 2.38. The van der Waals surface area contributed by atoms with Gasteiger partial charge in [-0.15, -0.1) is 0 Å². The molecule has 0 aliphatic heterocycles. The first kappa shape index (κ1) is 16.3. The summed E-state index contributed by atoms with van der Waals surface area (Å²) in [6.45, 7) is 5.63. The maximum Gasteiger partial charge on any atom is 0.336 e. The van der Waals surface area contributed by atoms with E-state index in [1.165, 1.54) is 6.07 Å². The van der Waals surface area contributed by atoms with Crippen molar-refractivity contribution in [2.45, 2.75) is 26.8 Å². The fraction of sp³-hybridized carbons (Fsp3) is 0.462. The number of nitro groups is 1. The number of rotatable bonds is 7. The third-order valence-corrected chi connectivity index (χ3v) is 3.94. The van der Waals surface area contributed by atoms with Crippen molar-refractivity contribution in [1.29, 1.82) is 0 Å². The van der Waals surface area contributed by atoms with E-state index in [0.717, 1.165) is 17.6 Å². The number of nitro benzene ring substituents is 1. The van der Waals surface area contributed by atoms with Crippen LogP contribution < -0.4 is 5.32 Å². The first-order valence-corrected chi connectivity index (χ1v) is 7.38. The number of carboxylic acids is 1. The summed E-state index contributed by atoms with van der Waals surface area (Å²) in [6, 6.07) is 2.63. The number of hydrogen-bond acceptors (Lipinski definition) is 5. The molecule has 0 bridgehead atoms. The van der Waals surface area contributed by atoms with Gasteiger partial charge in [-0.25, -0.2) is 4.79 Å². The van der Waals surface area contributed by atoms with Crippen LogP contribution in [0.5, 0.6) is 0 Å². The largest absolute Gasteiger partial charge is 0.478 e. The zero-order valence-corrected chi connectivity index (χ0v) is 12.5. The van der Waals surface area contributed by atoms with Crippen molar-refractivity contribution in [3.8, 4) is 0 Å². The molecule has 2 N–H and O–H groups in total. The Morgan fingerprint density at radius 3 is 2.70 bits per heavy atom. The van der Waals surface area contributed by atoms with Gasteiger partial charge in [0.1, 0.15) is 0 Å². The van der Waals surface area contributed by atoms with Crippen LogP contribution in [0.15, 0.2) is 12.1 Å². The molecular formula is C13H18N2O4S. The summed E-state index contributed by atoms with van der Waals surface area (Å²) in [5.74, 6) is 0.660. The Balaban J connectivity index is 3.10. The van der Waals surface area contributed by atoms with Crippen molar-refractivity contribution in [3.63, 3.8) is 0 Å². The Bertz CT molecular complexity index is 519. The molecule has 1 unspecified atom stereocenters. The van der Waals surface area contributed by atoms with Crippen molar-refractivity contribution < 1.29 is 14.8 Å². The van der Waals surface area contributed by atoms with Crippen LogP contribution in [0.1, 0.15) is 29.8 Å². The van der Waals surface area contributed by atoms with Gasteiger partial charge in [0.15, 0.2) is 0 Å². The number of aromatic carboxylic acids is 1. The second-order valence-electron chi connectivity index (χ2n) is 4.44. The van der Waals surface area contributed by atoms with E-state index in [-0.39, 0.29) is 17.3 Å². The van der Waals surface area contributed by atoms with Gasteiger partial charge in [0.25, 0.3) is 5.69 Å². The molecule has 0 saturated heterocycles. The molecule has 110 valence electrons. The topological polar surface area (TPSA) is 92.5 Å². The smallest absolute Gasteiger partial charge is 0.336 e. The van der Waals surface area contributed by atoms with E-state index in [0.29, 0.717) is 11.3 Å². The molecular weight excluding hydrogens is 280 g/mol. The van der Waals surface area contributed by atoms with Gasteiger partial charge in [-0.2, -0.15) is 11.8 Å². The maximum absolute atomic E-state index is 11.0. The van der Waals surface area contributed by atoms with Crippen LogP contribution in [-0.4, -0.2) is 33.5 Å². The van der Waals surface area contributed by atoms with E-state index >= 15 is 0 Å². The summed E-state index contributed by atoms with van der Waals surface area (Å²) < 4.78 is 0. The molecule has 1 aromatic rings. The summed E-state index contributed by atoms with van der Waals surface area (Å²) in [5.41, 5.74) is 0.692. The molecule has 7 heteroatoms. The van der Waals surface area contributed by atoms with E-state index in [9.17, 15) is 14.9 Å². The second-order valence-corrected chi connectivity index (χ2v) is 5.75. The molecule has 0 fully saturated rings. The number of hydrogen-bond donors (Lipinski definition) is 2. The normalized spacial score (nSPS) is 11.9. The molecule has 6 nitrogen and oxygen atoms in total. The van der Waals surface area contributed by atoms with Crippen LogP contribution in [0.4, 0.5) is 11.4 Å². The van der Waals surface area contributed by atoms with E-state index < -0.39 is 10.9 Å². The second kappa shape index (κ2) is 7.14. The number of nitrogens with one attached hydrogen (secondary N) is 1. The predicted octanol–water partition coefficient (Wildman–Crippen LogP) is 3.15. The summed E-state index contributed by atoms with van der Waals surface area (Å²) >= 11 is 1.75. The minimum Gasteiger partial charge on any atom is -0.478 e. The molecule has 20 heavy (non-hydrogen) atoms. The summed E-state index contributed by atoms with van der Waals surface area (Å²) in [5, 5.41) is 23.2. The Labute approximate surface area is 121 Å². The molecule has 0 amide bonds. The van der Waals surface area contributed by atoms with Crippen LogP contribution in [0, 0.1) is 17.0 Å². The van der Waals surface area contributed by atoms with Gasteiger partial charge < -0.3 is 10.4 Å². The van der Waals surface area contributed by atoms with Crippen LogP contribution >= 0.6 is 11.8 Å². The van der Waals surface area contributed by atoms with Gasteiger partial charge in [-0.05, 0) is 25.7 Å². The highest BCUT2D eigenvalue weighted by Crippen LogP contribution is 2.28. The fourth-order valence-electron chi connectivity index (χ4n) is 1.76. The quantitative estimate of drug-likeness (QED) is 0.593. The van der Waals surface area contributed by atoms with Crippen molar-refractivity contribution in [3.05, 3.63) is 33.4 Å². The zero-order valence-electron chi connectivity index (χ0n) is 11.7. The standard InChI is InChI=1S/C13H18N2O4S/c1-4-20-7-8(2)14-11-5-10(13(16)17)6-12(9(11)3)15(18)19/h5-6,8,14H,4,7H2,1-3H3,(H,16,17). The first-order valence-electron chi connectivity index (χ1n) is 6.23. The molecule has 0 radical (unpaired) electrons. The lowest BCUT2D eigenvalue weighted by atomic mass is 10.1. The van der Waals surface area contributed by atoms with E-state index in [1.54, 1.807) is 18.7 Å². The molecule has 1 atom stereocenters. The molecule has 0 spiro atoms. The molecule has 0 aliphatic carbocycles. The van der Waals surface area contributed by atoms with Gasteiger partial charge in [0, 0.05) is 29.1 Å². The number of carboxylic acid groups (broad SMARTS) is 1. The highest BCUT2D eigenvalue weighted by molar-refractivity contribution is 7.99. The van der Waals surface area contributed by atoms with Gasteiger partial charge in [0.2, 0.25) is 0 Å². The predicted molar refractivity (Wildman–Crippen MR) is 80.9 cm³/mol. The Hall–Kier alpha value is -1.76. The Morgan fingerprint density at radius 1 is 1.55 bits per heavy atom. The van der Waals surface area contributed by atoms with Crippen molar-refractivity contribution in [2.24, 2.45) is 0 Å². The highest BCUT2D eigenvalue weighted by Gasteiger charge is 2.19.